The van der Waals surface area contributed by atoms with E-state index >= 15 is 0 Å². The summed E-state index contributed by atoms with van der Waals surface area (Å²) < 4.78 is 0. The zero-order valence-electron chi connectivity index (χ0n) is 13.6. The fraction of sp³-hybridized carbons (Fsp3) is 0.316. The number of benzene rings is 2. The van der Waals surface area contributed by atoms with Crippen molar-refractivity contribution in [3.63, 3.8) is 0 Å². The molecule has 3 heteroatoms. The van der Waals surface area contributed by atoms with E-state index in [0.29, 0.717) is 22.3 Å². The van der Waals surface area contributed by atoms with Gasteiger partial charge in [0.1, 0.15) is 13.6 Å². The number of ketones is 1. The number of aromatic hydroxyl groups is 1. The summed E-state index contributed by atoms with van der Waals surface area (Å²) in [6, 6.07) is 10.5. The lowest BCUT2D eigenvalue weighted by atomic mass is 9.88. The molecule has 0 amide bonds. The lowest BCUT2D eigenvalue weighted by Crippen LogP contribution is -2.09. The molecule has 0 saturated heterocycles. The first-order chi connectivity index (χ1) is 10.3. The standard InChI is InChI=1S/C19H21BO2/c1-11(2)16-9-14(10-17(12(3)4)19(16)22)18(21)13-6-5-7-15(20)8-13/h5-12,22H,1-4H3. The molecule has 0 fully saturated rings. The Morgan fingerprint density at radius 3 is 1.95 bits per heavy atom. The monoisotopic (exact) mass is 292 g/mol. The number of phenolic OH excluding ortho intramolecular Hbond substituents is 1. The third-order valence-electron chi connectivity index (χ3n) is 3.82. The quantitative estimate of drug-likeness (QED) is 0.689. The molecule has 0 aliphatic carbocycles. The highest BCUT2D eigenvalue weighted by molar-refractivity contribution is 6.32. The van der Waals surface area contributed by atoms with Crippen LogP contribution >= 0.6 is 0 Å². The summed E-state index contributed by atoms with van der Waals surface area (Å²) in [5.74, 6) is 0.516. The molecule has 1 N–H and O–H groups in total. The molecule has 112 valence electrons. The van der Waals surface area contributed by atoms with Crippen LogP contribution < -0.4 is 5.46 Å². The van der Waals surface area contributed by atoms with Gasteiger partial charge in [-0.1, -0.05) is 57.4 Å². The number of carbonyl (C=O) groups is 1. The first-order valence-electron chi connectivity index (χ1n) is 7.58. The molecule has 2 nitrogen and oxygen atoms in total. The van der Waals surface area contributed by atoms with Gasteiger partial charge < -0.3 is 5.11 Å². The second-order valence-electron chi connectivity index (χ2n) is 6.27. The average molecular weight is 292 g/mol. The average Bonchev–Trinajstić information content (AvgIpc) is 2.46. The van der Waals surface area contributed by atoms with Crippen molar-refractivity contribution in [2.24, 2.45) is 0 Å². The van der Waals surface area contributed by atoms with Gasteiger partial charge in [-0.25, -0.2) is 0 Å². The molecular formula is C19H21BO2. The number of hydrogen-bond donors (Lipinski definition) is 1. The van der Waals surface area contributed by atoms with Crippen LogP contribution in [0.3, 0.4) is 0 Å². The Labute approximate surface area is 133 Å². The van der Waals surface area contributed by atoms with Crippen molar-refractivity contribution in [2.45, 2.75) is 39.5 Å². The predicted octanol–water partition coefficient (Wildman–Crippen LogP) is 3.66. The molecule has 0 spiro atoms. The summed E-state index contributed by atoms with van der Waals surface area (Å²) >= 11 is 0. The second-order valence-corrected chi connectivity index (χ2v) is 6.27. The van der Waals surface area contributed by atoms with E-state index in [1.165, 1.54) is 0 Å². The Balaban J connectivity index is 2.57. The lowest BCUT2D eigenvalue weighted by Gasteiger charge is -2.17. The molecule has 0 unspecified atom stereocenters. The summed E-state index contributed by atoms with van der Waals surface area (Å²) in [6.45, 7) is 8.03. The number of carbonyl (C=O) groups excluding carboxylic acids is 1. The maximum absolute atomic E-state index is 12.7. The third-order valence-corrected chi connectivity index (χ3v) is 3.82. The summed E-state index contributed by atoms with van der Waals surface area (Å²) in [5.41, 5.74) is 3.33. The molecule has 0 aliphatic rings. The topological polar surface area (TPSA) is 37.3 Å². The summed E-state index contributed by atoms with van der Waals surface area (Å²) in [6.07, 6.45) is 0. The van der Waals surface area contributed by atoms with Gasteiger partial charge in [-0.2, -0.15) is 0 Å². The van der Waals surface area contributed by atoms with E-state index in [4.69, 9.17) is 7.85 Å². The first-order valence-corrected chi connectivity index (χ1v) is 7.58. The highest BCUT2D eigenvalue weighted by Gasteiger charge is 2.18. The van der Waals surface area contributed by atoms with Crippen molar-refractivity contribution in [1.29, 1.82) is 0 Å². The number of phenols is 1. The van der Waals surface area contributed by atoms with Crippen molar-refractivity contribution in [3.8, 4) is 5.75 Å². The van der Waals surface area contributed by atoms with E-state index in [1.54, 1.807) is 36.4 Å². The Kier molecular flexibility index (Phi) is 4.75. The van der Waals surface area contributed by atoms with Crippen molar-refractivity contribution < 1.29 is 9.90 Å². The molecule has 2 aromatic carbocycles. The number of rotatable bonds is 4. The summed E-state index contributed by atoms with van der Waals surface area (Å²) in [5, 5.41) is 10.4. The Bertz CT molecular complexity index is 673. The van der Waals surface area contributed by atoms with Crippen LogP contribution in [0, 0.1) is 0 Å². The van der Waals surface area contributed by atoms with Crippen LogP contribution in [-0.2, 0) is 0 Å². The molecule has 0 saturated carbocycles. The Morgan fingerprint density at radius 1 is 0.955 bits per heavy atom. The maximum Gasteiger partial charge on any atom is 0.193 e. The Hall–Kier alpha value is -2.03. The molecular weight excluding hydrogens is 271 g/mol. The molecule has 2 rings (SSSR count). The van der Waals surface area contributed by atoms with Gasteiger partial charge >= 0.3 is 0 Å². The SMILES string of the molecule is [B]c1cccc(C(=O)c2cc(C(C)C)c(O)c(C(C)C)c2)c1. The van der Waals surface area contributed by atoms with Gasteiger partial charge in [0.15, 0.2) is 5.78 Å². The minimum absolute atomic E-state index is 0.0731. The van der Waals surface area contributed by atoms with Gasteiger partial charge in [0.05, 0.1) is 0 Å². The van der Waals surface area contributed by atoms with Crippen LogP contribution in [0.2, 0.25) is 0 Å². The lowest BCUT2D eigenvalue weighted by molar-refractivity contribution is 0.103. The smallest absolute Gasteiger partial charge is 0.193 e. The predicted molar refractivity (Wildman–Crippen MR) is 91.5 cm³/mol. The fourth-order valence-corrected chi connectivity index (χ4v) is 2.54. The minimum atomic E-state index is -0.0731. The molecule has 0 atom stereocenters. The number of hydrogen-bond acceptors (Lipinski definition) is 2. The van der Waals surface area contributed by atoms with Crippen molar-refractivity contribution >= 4 is 19.1 Å². The van der Waals surface area contributed by atoms with E-state index in [0.717, 1.165) is 11.1 Å². The molecule has 2 radical (unpaired) electrons. The van der Waals surface area contributed by atoms with Gasteiger partial charge in [-0.05, 0) is 35.1 Å². The van der Waals surface area contributed by atoms with Crippen molar-refractivity contribution in [1.82, 2.24) is 0 Å². The molecule has 0 heterocycles. The van der Waals surface area contributed by atoms with Gasteiger partial charge in [0.25, 0.3) is 0 Å². The first kappa shape index (κ1) is 16.3. The van der Waals surface area contributed by atoms with E-state index < -0.39 is 0 Å². The summed E-state index contributed by atoms with van der Waals surface area (Å²) in [4.78, 5) is 12.7. The largest absolute Gasteiger partial charge is 0.507 e. The highest BCUT2D eigenvalue weighted by Crippen LogP contribution is 2.35. The molecule has 0 aliphatic heterocycles. The third kappa shape index (κ3) is 3.24. The van der Waals surface area contributed by atoms with Gasteiger partial charge in [0.2, 0.25) is 0 Å². The molecule has 22 heavy (non-hydrogen) atoms. The van der Waals surface area contributed by atoms with Gasteiger partial charge in [-0.15, -0.1) is 0 Å². The fourth-order valence-electron chi connectivity index (χ4n) is 2.54. The zero-order chi connectivity index (χ0) is 16.4. The van der Waals surface area contributed by atoms with Crippen LogP contribution in [0.1, 0.15) is 66.6 Å². The molecule has 0 aromatic heterocycles. The zero-order valence-corrected chi connectivity index (χ0v) is 13.6. The van der Waals surface area contributed by atoms with Crippen molar-refractivity contribution in [2.75, 3.05) is 0 Å². The van der Waals surface area contributed by atoms with Gasteiger partial charge in [0, 0.05) is 11.1 Å². The van der Waals surface area contributed by atoms with Crippen LogP contribution in [0.4, 0.5) is 0 Å². The van der Waals surface area contributed by atoms with Crippen LogP contribution in [-0.4, -0.2) is 18.7 Å². The van der Waals surface area contributed by atoms with Crippen LogP contribution in [0.25, 0.3) is 0 Å². The van der Waals surface area contributed by atoms with E-state index in [1.807, 2.05) is 27.7 Å². The van der Waals surface area contributed by atoms with E-state index in [-0.39, 0.29) is 17.6 Å². The second kappa shape index (κ2) is 6.39. The Morgan fingerprint density at radius 2 is 1.50 bits per heavy atom. The summed E-state index contributed by atoms with van der Waals surface area (Å²) in [7, 11) is 5.76. The minimum Gasteiger partial charge on any atom is -0.507 e. The van der Waals surface area contributed by atoms with Crippen LogP contribution in [0.5, 0.6) is 5.75 Å². The van der Waals surface area contributed by atoms with E-state index in [2.05, 4.69) is 0 Å². The molecule has 0 bridgehead atoms. The maximum atomic E-state index is 12.7. The highest BCUT2D eigenvalue weighted by atomic mass is 16.3. The van der Waals surface area contributed by atoms with Crippen molar-refractivity contribution in [3.05, 3.63) is 58.7 Å². The van der Waals surface area contributed by atoms with Gasteiger partial charge in [-0.3, -0.25) is 4.79 Å². The van der Waals surface area contributed by atoms with Crippen LogP contribution in [0.15, 0.2) is 36.4 Å². The molecule has 2 aromatic rings. The normalized spacial score (nSPS) is 11.2. The van der Waals surface area contributed by atoms with E-state index in [9.17, 15) is 9.90 Å².